The van der Waals surface area contributed by atoms with E-state index in [1.165, 1.54) is 0 Å². The second-order valence-electron chi connectivity index (χ2n) is 4.10. The third-order valence-electron chi connectivity index (χ3n) is 2.45. The van der Waals surface area contributed by atoms with Crippen molar-refractivity contribution in [1.29, 1.82) is 0 Å². The Hall–Kier alpha value is -1.78. The minimum atomic E-state index is -0.290. The van der Waals surface area contributed by atoms with E-state index in [2.05, 4.69) is 10.3 Å². The number of nitrogens with zero attached hydrogens (tertiary/aromatic N) is 1. The Bertz CT molecular complexity index is 615. The molecule has 1 heterocycles. The number of pyridine rings is 1. The van der Waals surface area contributed by atoms with Gasteiger partial charge in [0.1, 0.15) is 5.75 Å². The lowest BCUT2D eigenvalue weighted by atomic mass is 10.3. The van der Waals surface area contributed by atoms with Crippen LogP contribution in [0, 0.1) is 6.92 Å². The van der Waals surface area contributed by atoms with E-state index in [1.54, 1.807) is 30.5 Å². The summed E-state index contributed by atoms with van der Waals surface area (Å²) in [7, 11) is 0. The molecule has 2 rings (SSSR count). The number of aromatic nitrogens is 1. The Morgan fingerprint density at radius 2 is 2.10 bits per heavy atom. The molecule has 0 aliphatic heterocycles. The highest BCUT2D eigenvalue weighted by atomic mass is 35.5. The summed E-state index contributed by atoms with van der Waals surface area (Å²) in [5.41, 5.74) is 1.50. The highest BCUT2D eigenvalue weighted by molar-refractivity contribution is 6.35. The first-order chi connectivity index (χ1) is 9.54. The lowest BCUT2D eigenvalue weighted by Gasteiger charge is -2.09. The Balaban J connectivity index is 1.90. The molecule has 20 heavy (non-hydrogen) atoms. The van der Waals surface area contributed by atoms with Crippen molar-refractivity contribution in [2.24, 2.45) is 0 Å². The van der Waals surface area contributed by atoms with Crippen molar-refractivity contribution in [3.05, 3.63) is 52.3 Å². The van der Waals surface area contributed by atoms with Crippen molar-refractivity contribution in [2.45, 2.75) is 6.92 Å². The predicted octanol–water partition coefficient (Wildman–Crippen LogP) is 3.71. The molecule has 104 valence electrons. The molecule has 0 spiro atoms. The lowest BCUT2D eigenvalue weighted by Crippen LogP contribution is -2.20. The van der Waals surface area contributed by atoms with E-state index in [4.69, 9.17) is 27.9 Å². The van der Waals surface area contributed by atoms with Crippen LogP contribution >= 0.6 is 23.2 Å². The van der Waals surface area contributed by atoms with Crippen molar-refractivity contribution < 1.29 is 9.53 Å². The second kappa shape index (κ2) is 6.59. The normalized spacial score (nSPS) is 10.2. The molecule has 6 heteroatoms. The fourth-order valence-electron chi connectivity index (χ4n) is 1.47. The van der Waals surface area contributed by atoms with E-state index in [9.17, 15) is 4.79 Å². The average Bonchev–Trinajstić information content (AvgIpc) is 2.40. The van der Waals surface area contributed by atoms with Gasteiger partial charge in [-0.05, 0) is 37.3 Å². The molecule has 1 amide bonds. The van der Waals surface area contributed by atoms with Gasteiger partial charge in [-0.15, -0.1) is 0 Å². The van der Waals surface area contributed by atoms with Crippen LogP contribution in [0.1, 0.15) is 5.69 Å². The molecule has 0 radical (unpaired) electrons. The first-order valence-corrected chi connectivity index (χ1v) is 6.60. The number of benzene rings is 1. The molecule has 0 bridgehead atoms. The summed E-state index contributed by atoms with van der Waals surface area (Å²) in [5, 5.41) is 3.55. The predicted molar refractivity (Wildman–Crippen MR) is 79.6 cm³/mol. The molecule has 0 atom stereocenters. The molecular formula is C14H12Cl2N2O2. The Labute approximate surface area is 126 Å². The first-order valence-electron chi connectivity index (χ1n) is 5.85. The molecular weight excluding hydrogens is 299 g/mol. The molecule has 0 saturated carbocycles. The van der Waals surface area contributed by atoms with Gasteiger partial charge in [0.05, 0.1) is 16.9 Å². The Kier molecular flexibility index (Phi) is 4.82. The summed E-state index contributed by atoms with van der Waals surface area (Å²) >= 11 is 11.7. The molecule has 4 nitrogen and oxygen atoms in total. The Morgan fingerprint density at radius 3 is 2.75 bits per heavy atom. The van der Waals surface area contributed by atoms with Crippen LogP contribution in [0.2, 0.25) is 10.0 Å². The number of nitrogens with one attached hydrogen (secondary N) is 1. The molecule has 1 N–H and O–H groups in total. The number of halogens is 2. The largest absolute Gasteiger partial charge is 0.482 e. The maximum absolute atomic E-state index is 11.7. The van der Waals surface area contributed by atoms with Gasteiger partial charge in [-0.1, -0.05) is 23.2 Å². The highest BCUT2D eigenvalue weighted by Crippen LogP contribution is 2.27. The molecule has 0 aliphatic carbocycles. The lowest BCUT2D eigenvalue weighted by molar-refractivity contribution is -0.118. The summed E-state index contributed by atoms with van der Waals surface area (Å²) in [4.78, 5) is 15.8. The number of rotatable bonds is 4. The molecule has 1 aromatic carbocycles. The fourth-order valence-corrected chi connectivity index (χ4v) is 1.94. The van der Waals surface area contributed by atoms with Gasteiger partial charge >= 0.3 is 0 Å². The minimum Gasteiger partial charge on any atom is -0.482 e. The maximum atomic E-state index is 11.7. The summed E-state index contributed by atoms with van der Waals surface area (Å²) < 4.78 is 5.33. The summed E-state index contributed by atoms with van der Waals surface area (Å²) in [6.45, 7) is 1.73. The maximum Gasteiger partial charge on any atom is 0.262 e. The molecule has 1 aromatic heterocycles. The highest BCUT2D eigenvalue weighted by Gasteiger charge is 2.07. The number of ether oxygens (including phenoxy) is 1. The monoisotopic (exact) mass is 310 g/mol. The zero-order chi connectivity index (χ0) is 14.5. The van der Waals surface area contributed by atoms with Crippen LogP contribution in [-0.4, -0.2) is 17.5 Å². The number of hydrogen-bond donors (Lipinski definition) is 1. The van der Waals surface area contributed by atoms with Crippen molar-refractivity contribution in [1.82, 2.24) is 4.98 Å². The van der Waals surface area contributed by atoms with Gasteiger partial charge in [0.15, 0.2) is 6.61 Å². The molecule has 2 aromatic rings. The minimum absolute atomic E-state index is 0.144. The van der Waals surface area contributed by atoms with E-state index in [1.807, 2.05) is 13.0 Å². The number of carbonyl (C=O) groups is 1. The summed E-state index contributed by atoms with van der Waals surface area (Å²) in [6.07, 6.45) is 1.59. The molecule has 0 saturated heterocycles. The van der Waals surface area contributed by atoms with Crippen LogP contribution < -0.4 is 10.1 Å². The zero-order valence-electron chi connectivity index (χ0n) is 10.7. The van der Waals surface area contributed by atoms with Crippen LogP contribution in [0.3, 0.4) is 0 Å². The van der Waals surface area contributed by atoms with Crippen molar-refractivity contribution in [3.8, 4) is 5.75 Å². The summed E-state index contributed by atoms with van der Waals surface area (Å²) in [6, 6.07) is 8.40. The second-order valence-corrected chi connectivity index (χ2v) is 4.94. The summed E-state index contributed by atoms with van der Waals surface area (Å²) in [5.74, 6) is 0.120. The van der Waals surface area contributed by atoms with E-state index in [0.717, 1.165) is 5.69 Å². The molecule has 0 aliphatic rings. The average molecular weight is 311 g/mol. The van der Waals surface area contributed by atoms with Gasteiger partial charge in [0.2, 0.25) is 0 Å². The van der Waals surface area contributed by atoms with E-state index >= 15 is 0 Å². The van der Waals surface area contributed by atoms with E-state index < -0.39 is 0 Å². The first kappa shape index (κ1) is 14.6. The van der Waals surface area contributed by atoms with Gasteiger partial charge < -0.3 is 10.1 Å². The van der Waals surface area contributed by atoms with Gasteiger partial charge in [-0.25, -0.2) is 0 Å². The third-order valence-corrected chi connectivity index (χ3v) is 2.98. The van der Waals surface area contributed by atoms with E-state index in [0.29, 0.717) is 21.5 Å². The van der Waals surface area contributed by atoms with Gasteiger partial charge in [-0.3, -0.25) is 9.78 Å². The van der Waals surface area contributed by atoms with Gasteiger partial charge in [0.25, 0.3) is 5.91 Å². The molecule has 0 unspecified atom stereocenters. The van der Waals surface area contributed by atoms with Crippen LogP contribution in [0.4, 0.5) is 5.69 Å². The molecule has 0 fully saturated rings. The van der Waals surface area contributed by atoms with Crippen LogP contribution in [0.25, 0.3) is 0 Å². The fraction of sp³-hybridized carbons (Fsp3) is 0.143. The number of anilines is 1. The SMILES string of the molecule is Cc1ccc(NC(=O)COc2ccc(Cl)cc2Cl)cn1. The topological polar surface area (TPSA) is 51.2 Å². The smallest absolute Gasteiger partial charge is 0.262 e. The van der Waals surface area contributed by atoms with Gasteiger partial charge in [-0.2, -0.15) is 0 Å². The van der Waals surface area contributed by atoms with Crippen molar-refractivity contribution in [3.63, 3.8) is 0 Å². The van der Waals surface area contributed by atoms with Gasteiger partial charge in [0, 0.05) is 10.7 Å². The quantitative estimate of drug-likeness (QED) is 0.936. The van der Waals surface area contributed by atoms with Crippen LogP contribution in [0.15, 0.2) is 36.5 Å². The van der Waals surface area contributed by atoms with E-state index in [-0.39, 0.29) is 12.5 Å². The third kappa shape index (κ3) is 4.11. The zero-order valence-corrected chi connectivity index (χ0v) is 12.2. The van der Waals surface area contributed by atoms with Crippen LogP contribution in [0.5, 0.6) is 5.75 Å². The van der Waals surface area contributed by atoms with Crippen LogP contribution in [-0.2, 0) is 4.79 Å². The Morgan fingerprint density at radius 1 is 1.30 bits per heavy atom. The van der Waals surface area contributed by atoms with Crippen molar-refractivity contribution in [2.75, 3.05) is 11.9 Å². The number of hydrogen-bond acceptors (Lipinski definition) is 3. The van der Waals surface area contributed by atoms with Crippen molar-refractivity contribution >= 4 is 34.8 Å². The number of amides is 1. The number of aryl methyl sites for hydroxylation is 1. The standard InChI is InChI=1S/C14H12Cl2N2O2/c1-9-2-4-11(7-17-9)18-14(19)8-20-13-5-3-10(15)6-12(13)16/h2-7H,8H2,1H3,(H,18,19). The number of carbonyl (C=O) groups excluding carboxylic acids is 1.